The van der Waals surface area contributed by atoms with Crippen molar-refractivity contribution in [2.24, 2.45) is 16.7 Å². The van der Waals surface area contributed by atoms with E-state index in [4.69, 9.17) is 9.47 Å². The van der Waals surface area contributed by atoms with E-state index >= 15 is 0 Å². The fraction of sp³-hybridized carbons (Fsp3) is 0.472. The zero-order valence-corrected chi connectivity index (χ0v) is 29.0. The van der Waals surface area contributed by atoms with Gasteiger partial charge >= 0.3 is 0 Å². The first-order valence-corrected chi connectivity index (χ1v) is 17.8. The summed E-state index contributed by atoms with van der Waals surface area (Å²) in [6.07, 6.45) is 1.37. The van der Waals surface area contributed by atoms with E-state index in [2.05, 4.69) is 120 Å². The van der Waals surface area contributed by atoms with Crippen molar-refractivity contribution in [3.05, 3.63) is 78.9 Å². The molecule has 3 aromatic carbocycles. The number of Topliss-reactive ketones (excluding diaryl/α,β-unsaturated/α-hetero) is 1. The maximum atomic E-state index is 12.0. The lowest BCUT2D eigenvalue weighted by Gasteiger charge is -2.32. The minimum absolute atomic E-state index is 0.189. The molecule has 0 amide bonds. The largest absolute Gasteiger partial charge is 0.747 e. The highest BCUT2D eigenvalue weighted by Gasteiger charge is 2.67. The molecule has 6 nitrogen and oxygen atoms in total. The molecule has 2 aliphatic carbocycles. The number of ether oxygens (including phenoxy) is 2. The Bertz CT molecular complexity index is 1490. The summed E-state index contributed by atoms with van der Waals surface area (Å²) in [5.41, 5.74) is -1.40. The molecule has 3 aromatic rings. The molecule has 44 heavy (non-hydrogen) atoms. The second-order valence-corrected chi connectivity index (χ2v) is 18.0. The highest BCUT2D eigenvalue weighted by atomic mass is 32.2. The van der Waals surface area contributed by atoms with E-state index in [9.17, 15) is 17.8 Å². The molecule has 0 aliphatic heterocycles. The van der Waals surface area contributed by atoms with E-state index in [0.717, 1.165) is 11.5 Å². The molecule has 8 heteroatoms. The smallest absolute Gasteiger partial charge is 0.166 e. The number of carbonyl (C=O) groups excluding carboxylic acids is 1. The lowest BCUT2D eigenvalue weighted by atomic mass is 9.70. The van der Waals surface area contributed by atoms with E-state index in [1.165, 1.54) is 14.7 Å². The average Bonchev–Trinajstić information content (AvgIpc) is 3.22. The van der Waals surface area contributed by atoms with Gasteiger partial charge in [0.15, 0.2) is 20.5 Å². The predicted molar refractivity (Wildman–Crippen MR) is 175 cm³/mol. The number of benzene rings is 3. The van der Waals surface area contributed by atoms with Crippen LogP contribution < -0.4 is 9.47 Å². The quantitative estimate of drug-likeness (QED) is 0.200. The number of carbonyl (C=O) groups is 1. The number of hydrogen-bond acceptors (Lipinski definition) is 6. The van der Waals surface area contributed by atoms with E-state index in [-0.39, 0.29) is 39.2 Å². The van der Waals surface area contributed by atoms with Crippen molar-refractivity contribution in [3.8, 4) is 11.5 Å². The van der Waals surface area contributed by atoms with E-state index in [1.807, 2.05) is 13.8 Å². The van der Waals surface area contributed by atoms with Crippen molar-refractivity contribution in [3.63, 3.8) is 0 Å². The number of rotatable bonds is 6. The standard InChI is InChI=1S/C26H31O2S.C10H16O4S/c1-25(2,3)27-20-12-16-23(17-13-20)29(22-10-8-7-9-11-22)24-18-14-21(15-19-24)28-26(4,5)6;1-9(2)6-4-5-10(9,3)8(11)7(6)15(12,13)14/h7-19H,1-6H3;6-7H,4-5H2,1-3H3,(H,12,13,14)/q+1;/p-1. The van der Waals surface area contributed by atoms with Crippen LogP contribution in [0.15, 0.2) is 93.5 Å². The lowest BCUT2D eigenvalue weighted by molar-refractivity contribution is -0.128. The number of ketones is 1. The van der Waals surface area contributed by atoms with Crippen LogP contribution in [-0.2, 0) is 25.8 Å². The van der Waals surface area contributed by atoms with E-state index in [1.54, 1.807) is 6.92 Å². The van der Waals surface area contributed by atoms with Gasteiger partial charge in [0.1, 0.15) is 38.1 Å². The Hall–Kier alpha value is -2.81. The van der Waals surface area contributed by atoms with Crippen LogP contribution in [0.25, 0.3) is 0 Å². The second-order valence-electron chi connectivity index (χ2n) is 14.5. The summed E-state index contributed by atoms with van der Waals surface area (Å²) < 4.78 is 45.3. The van der Waals surface area contributed by atoms with E-state index < -0.39 is 20.8 Å². The zero-order chi connectivity index (χ0) is 32.7. The Morgan fingerprint density at radius 3 is 1.45 bits per heavy atom. The van der Waals surface area contributed by atoms with Crippen LogP contribution in [0.2, 0.25) is 0 Å². The summed E-state index contributed by atoms with van der Waals surface area (Å²) in [6, 6.07) is 27.6. The van der Waals surface area contributed by atoms with Crippen LogP contribution in [0.3, 0.4) is 0 Å². The van der Waals surface area contributed by atoms with Crippen molar-refractivity contribution in [1.29, 1.82) is 0 Å². The molecule has 2 fully saturated rings. The Morgan fingerprint density at radius 1 is 0.727 bits per heavy atom. The van der Waals surface area contributed by atoms with E-state index in [0.29, 0.717) is 12.8 Å². The minimum Gasteiger partial charge on any atom is -0.747 e. The average molecular weight is 639 g/mol. The Balaban J connectivity index is 0.000000246. The number of fused-ring (bicyclic) bond motifs is 2. The predicted octanol–water partition coefficient (Wildman–Crippen LogP) is 8.06. The minimum atomic E-state index is -4.49. The molecule has 0 spiro atoms. The lowest BCUT2D eigenvalue weighted by Crippen LogP contribution is -2.38. The molecule has 2 aliphatic rings. The maximum absolute atomic E-state index is 12.0. The molecule has 0 radical (unpaired) electrons. The normalized spacial score (nSPS) is 22.8. The first kappa shape index (κ1) is 34.1. The van der Waals surface area contributed by atoms with Crippen LogP contribution in [0, 0.1) is 16.7 Å². The molecule has 5 rings (SSSR count). The highest BCUT2D eigenvalue weighted by molar-refractivity contribution is 7.97. The van der Waals surface area contributed by atoms with Crippen molar-refractivity contribution >= 4 is 26.8 Å². The summed E-state index contributed by atoms with van der Waals surface area (Å²) in [4.78, 5) is 15.8. The van der Waals surface area contributed by atoms with Gasteiger partial charge in [-0.05, 0) is 126 Å². The second kappa shape index (κ2) is 12.2. The summed E-state index contributed by atoms with van der Waals surface area (Å²) >= 11 is 0. The van der Waals surface area contributed by atoms with Gasteiger partial charge in [0.25, 0.3) is 0 Å². The molecular weight excluding hydrogens is 593 g/mol. The summed E-state index contributed by atoms with van der Waals surface area (Å²) in [7, 11) is -4.68. The SMILES string of the molecule is CC(C)(C)Oc1ccc([S+](c2ccccc2)c2ccc(OC(C)(C)C)cc2)cc1.CC12CCC(C(S(=O)(=O)[O-])C1=O)C2(C)C. The fourth-order valence-electron chi connectivity index (χ4n) is 6.30. The third-order valence-electron chi connectivity index (χ3n) is 8.73. The fourth-order valence-corrected chi connectivity index (χ4v) is 9.76. The molecule has 3 unspecified atom stereocenters. The van der Waals surface area contributed by atoms with Crippen molar-refractivity contribution in [2.45, 2.75) is 106 Å². The van der Waals surface area contributed by atoms with Crippen molar-refractivity contribution < 1.29 is 27.2 Å². The molecule has 2 bridgehead atoms. The summed E-state index contributed by atoms with van der Waals surface area (Å²) in [5, 5.41) is -1.30. The van der Waals surface area contributed by atoms with Gasteiger partial charge in [0, 0.05) is 5.41 Å². The third-order valence-corrected chi connectivity index (χ3v) is 12.1. The van der Waals surface area contributed by atoms with Crippen LogP contribution >= 0.6 is 0 Å². The Morgan fingerprint density at radius 2 is 1.14 bits per heavy atom. The topological polar surface area (TPSA) is 92.7 Å². The van der Waals surface area contributed by atoms with Gasteiger partial charge in [-0.1, -0.05) is 39.0 Å². The first-order chi connectivity index (χ1) is 20.2. The molecule has 2 saturated carbocycles. The van der Waals surface area contributed by atoms with Gasteiger partial charge in [-0.3, -0.25) is 4.79 Å². The molecule has 0 aromatic heterocycles. The van der Waals surface area contributed by atoms with Gasteiger partial charge in [0.2, 0.25) is 0 Å². The monoisotopic (exact) mass is 638 g/mol. The van der Waals surface area contributed by atoms with Gasteiger partial charge in [0.05, 0.1) is 10.9 Å². The molecular formula is C36H46O6S2. The highest BCUT2D eigenvalue weighted by Crippen LogP contribution is 2.64. The molecule has 0 saturated heterocycles. The van der Waals surface area contributed by atoms with Crippen LogP contribution in [0.5, 0.6) is 11.5 Å². The first-order valence-electron chi connectivity index (χ1n) is 15.1. The van der Waals surface area contributed by atoms with Gasteiger partial charge < -0.3 is 14.0 Å². The third kappa shape index (κ3) is 7.35. The Labute approximate surface area is 266 Å². The molecule has 3 atom stereocenters. The van der Waals surface area contributed by atoms with Crippen molar-refractivity contribution in [2.75, 3.05) is 0 Å². The summed E-state index contributed by atoms with van der Waals surface area (Å²) in [5.74, 6) is 1.13. The van der Waals surface area contributed by atoms with Crippen molar-refractivity contribution in [1.82, 2.24) is 0 Å². The Kier molecular flexibility index (Phi) is 9.43. The zero-order valence-electron chi connectivity index (χ0n) is 27.3. The van der Waals surface area contributed by atoms with Crippen LogP contribution in [-0.4, -0.2) is 35.2 Å². The molecule has 238 valence electrons. The number of hydrogen-bond donors (Lipinski definition) is 0. The molecule has 0 N–H and O–H groups in total. The van der Waals surface area contributed by atoms with Crippen LogP contribution in [0.1, 0.15) is 75.2 Å². The summed E-state index contributed by atoms with van der Waals surface area (Å²) in [6.45, 7) is 18.0. The van der Waals surface area contributed by atoms with Gasteiger partial charge in [-0.25, -0.2) is 8.42 Å². The van der Waals surface area contributed by atoms with Gasteiger partial charge in [-0.15, -0.1) is 0 Å². The maximum Gasteiger partial charge on any atom is 0.166 e. The molecule has 0 heterocycles. The van der Waals surface area contributed by atoms with Crippen LogP contribution in [0.4, 0.5) is 0 Å². The van der Waals surface area contributed by atoms with Gasteiger partial charge in [-0.2, -0.15) is 0 Å².